The minimum absolute atomic E-state index is 0. The van der Waals surface area contributed by atoms with Gasteiger partial charge in [-0.25, -0.2) is 0 Å². The molecule has 556 valence electrons. The Morgan fingerprint density at radius 1 is 0.381 bits per heavy atom. The van der Waals surface area contributed by atoms with Gasteiger partial charge in [-0.1, -0.05) is 115 Å². The van der Waals surface area contributed by atoms with E-state index in [-0.39, 0.29) is 24.1 Å². The van der Waals surface area contributed by atoms with Crippen LogP contribution in [0.2, 0.25) is 0 Å². The van der Waals surface area contributed by atoms with Crippen LogP contribution in [0.25, 0.3) is 22.6 Å². The zero-order chi connectivity index (χ0) is 75.9. The predicted molar refractivity (Wildman–Crippen MR) is 456 cm³/mol. The van der Waals surface area contributed by atoms with Crippen molar-refractivity contribution in [1.82, 2.24) is 0 Å². The number of hydrogen-bond acceptors (Lipinski definition) is 7. The van der Waals surface area contributed by atoms with E-state index in [0.29, 0.717) is 11.4 Å². The summed E-state index contributed by atoms with van der Waals surface area (Å²) in [7, 11) is 24.8. The van der Waals surface area contributed by atoms with Crippen LogP contribution in [0.5, 0.6) is 0 Å². The molecule has 2 heterocycles. The molecule has 0 saturated carbocycles. The van der Waals surface area contributed by atoms with Gasteiger partial charge in [0.15, 0.2) is 0 Å². The third-order valence-corrected chi connectivity index (χ3v) is 23.5. The first-order valence-corrected chi connectivity index (χ1v) is 45.6. The molecule has 0 aromatic heterocycles. The molecule has 105 heavy (non-hydrogen) atoms. The molecule has 9 nitrogen and oxygen atoms in total. The number of fused-ring (bicyclic) bond motifs is 2. The minimum atomic E-state index is -1.88. The predicted octanol–water partition coefficient (Wildman–Crippen LogP) is 25.6. The standard InChI is InChI=1S/2C21H27N2.2C15H10.C6H8N2.C6H6N2.C2H3N.CH2Cl2.CH4.4ClH.2Ru/c2*1-14-9-16(3)20(17(4)10-14)22-7-8-23(13-22)21-18(5)11-15(2)12-19(21)6;2*1-2-6-12(7-3-1)15-11-10-13-8-4-5-9-14(13)15;2*7-5-3-1-2-4-6(5)8;1-2-3;2-1-3;;;;;;;/h2*9-13H,7-8H2,1-6H3;2*1-9,11H;1-4H,7-8H2;1-4,7-8H;1H3;1H2;1H4;4*1H;;/q2*-1;;;;-2;;;;;;;;2*+2/p-4. The van der Waals surface area contributed by atoms with Gasteiger partial charge in [0.1, 0.15) is 0 Å². The van der Waals surface area contributed by atoms with Gasteiger partial charge >= 0.3 is 240 Å². The normalized spacial score (nSPS) is 12.9. The van der Waals surface area contributed by atoms with E-state index >= 15 is 0 Å². The van der Waals surface area contributed by atoms with Crippen molar-refractivity contribution in [3.05, 3.63) is 343 Å². The summed E-state index contributed by atoms with van der Waals surface area (Å²) < 4.78 is 2.25. The number of anilines is 6. The Hall–Kier alpha value is -7.70. The molecule has 10 aromatic rings. The average molecular weight is 1700 g/mol. The Kier molecular flexibility index (Phi) is 34.5. The van der Waals surface area contributed by atoms with E-state index in [2.05, 4.69) is 237 Å². The molecule has 0 atom stereocenters. The molecule has 0 radical (unpaired) electrons. The van der Waals surface area contributed by atoms with Gasteiger partial charge in [0.05, 0.1) is 22.8 Å². The molecule has 2 aliphatic heterocycles. The number of nitriles is 1. The van der Waals surface area contributed by atoms with Crippen molar-refractivity contribution in [2.75, 3.05) is 62.6 Å². The van der Waals surface area contributed by atoms with E-state index < -0.39 is 27.0 Å². The molecule has 10 aromatic carbocycles. The van der Waals surface area contributed by atoms with Crippen molar-refractivity contribution in [1.29, 1.82) is 5.26 Å². The van der Waals surface area contributed by atoms with Crippen LogP contribution >= 0.6 is 62.0 Å². The third kappa shape index (κ3) is 23.6. The summed E-state index contributed by atoms with van der Waals surface area (Å²) in [6.45, 7) is 36.6. The number of aryl methyl sites for hydroxylation is 12. The van der Waals surface area contributed by atoms with Gasteiger partial charge in [-0.05, 0) is 140 Å². The topological polar surface area (TPSA) is 136 Å². The summed E-state index contributed by atoms with van der Waals surface area (Å²) in [4.78, 5) is 9.62. The smallest absolute Gasteiger partial charge is 0.0636 e. The Morgan fingerprint density at radius 3 is 0.810 bits per heavy atom. The number of nitrogens with zero attached hydrogens (tertiary/aromatic N) is 5. The maximum atomic E-state index is 7.32. The minimum Gasteiger partial charge on any atom is -0.700 e. The number of benzene rings is 10. The van der Waals surface area contributed by atoms with Gasteiger partial charge in [-0.15, -0.1) is 23.2 Å². The number of nitrogens with one attached hydrogen (secondary N) is 2. The van der Waals surface area contributed by atoms with Crippen LogP contribution in [0.15, 0.2) is 218 Å². The van der Waals surface area contributed by atoms with Crippen LogP contribution in [-0.2, 0) is 27.0 Å². The number of rotatable bonds is 6. The molecule has 0 bridgehead atoms. The fourth-order valence-corrected chi connectivity index (χ4v) is 18.5. The molecule has 0 spiro atoms. The zero-order valence-electron chi connectivity index (χ0n) is 61.3. The molecule has 0 amide bonds. The molecule has 2 fully saturated rings. The second kappa shape index (κ2) is 42.0. The molecule has 14 rings (SSSR count). The fourth-order valence-electron chi connectivity index (χ4n) is 13.5. The summed E-state index contributed by atoms with van der Waals surface area (Å²) >= 11 is 5.77. The summed E-state index contributed by atoms with van der Waals surface area (Å²) in [6, 6.07) is 71.3. The van der Waals surface area contributed by atoms with Crippen LogP contribution in [0.3, 0.4) is 0 Å². The number of halogens is 6. The first kappa shape index (κ1) is 86.2. The van der Waals surface area contributed by atoms with Gasteiger partial charge in [-0.3, -0.25) is 0 Å². The van der Waals surface area contributed by atoms with Crippen molar-refractivity contribution in [2.45, 2.75) is 97.4 Å². The Labute approximate surface area is 662 Å². The third-order valence-electron chi connectivity index (χ3n) is 17.3. The molecule has 6 N–H and O–H groups in total. The first-order valence-electron chi connectivity index (χ1n) is 33.8. The summed E-state index contributed by atoms with van der Waals surface area (Å²) in [6.07, 6.45) is 4.30. The second-order valence-electron chi connectivity index (χ2n) is 25.5. The number of allylic oxidation sites excluding steroid dienone is 2. The van der Waals surface area contributed by atoms with Crippen molar-refractivity contribution in [2.24, 2.45) is 0 Å². The SMILES string of the molecule is C.CC#N.Cc1cc(C)c(N2[CH-]N(c3c(C)cc(C)cc3C)CC2)c(C)c1.Cc1cc(C)c(N2[CH-]N(c3c(C)cc(C)cc3C)CC2)c(C)c1.ClCCl.Nc1ccccc1N.[Cl][Ru]([Cl])=[C]1C=C(c2ccccc2)c2ccccc21.[Cl][Ru]([Cl])=[C]1C=C(c2ccccc2)c2ccccc21.[NH-]c1ccccc1[NH-]. The van der Waals surface area contributed by atoms with Gasteiger partial charge < -0.3 is 42.5 Å². The molecule has 17 heteroatoms. The van der Waals surface area contributed by atoms with Crippen LogP contribution in [0.1, 0.15) is 114 Å². The van der Waals surface area contributed by atoms with E-state index in [0.717, 1.165) is 34.4 Å². The summed E-state index contributed by atoms with van der Waals surface area (Å²) in [5.41, 5.74) is 58.1. The summed E-state index contributed by atoms with van der Waals surface area (Å²) in [5, 5.41) is 7.51. The largest absolute Gasteiger partial charge is 0.700 e. The number of nitrogen functional groups attached to an aromatic ring is 2. The van der Waals surface area contributed by atoms with Crippen LogP contribution < -0.4 is 31.1 Å². The van der Waals surface area contributed by atoms with Crippen LogP contribution in [-0.4, -0.2) is 39.7 Å². The van der Waals surface area contributed by atoms with Crippen molar-refractivity contribution >= 4 is 127 Å². The van der Waals surface area contributed by atoms with Gasteiger partial charge in [-0.2, -0.15) is 30.0 Å². The first-order chi connectivity index (χ1) is 49.7. The Balaban J connectivity index is 0.000000200. The van der Waals surface area contributed by atoms with E-state index in [1.54, 1.807) is 42.5 Å². The van der Waals surface area contributed by atoms with Crippen molar-refractivity contribution < 1.29 is 27.0 Å². The van der Waals surface area contributed by atoms with E-state index in [1.165, 1.54) is 141 Å². The van der Waals surface area contributed by atoms with Crippen molar-refractivity contribution in [3.63, 3.8) is 0 Å². The van der Waals surface area contributed by atoms with Crippen LogP contribution in [0, 0.1) is 108 Å². The second-order valence-corrected chi connectivity index (χ2v) is 37.9. The molecular formula is C88H97Cl6N9Ru2-4. The number of para-hydroxylation sites is 2. The maximum absolute atomic E-state index is 7.32. The monoisotopic (exact) mass is 1690 g/mol. The van der Waals surface area contributed by atoms with Gasteiger partial charge in [0.25, 0.3) is 0 Å². The van der Waals surface area contributed by atoms with Crippen molar-refractivity contribution in [3.8, 4) is 6.07 Å². The zero-order valence-corrected chi connectivity index (χ0v) is 69.4. The average Bonchev–Trinajstić information content (AvgIpc) is 1.74. The number of hydrogen-bond donors (Lipinski definition) is 2. The Bertz CT molecular complexity index is 4200. The molecule has 2 aliphatic carbocycles. The van der Waals surface area contributed by atoms with Gasteiger partial charge in [0.2, 0.25) is 0 Å². The molecule has 2 saturated heterocycles. The number of alkyl halides is 2. The molecular weight excluding hydrogens is 1600 g/mol. The van der Waals surface area contributed by atoms with Crippen LogP contribution in [0.4, 0.5) is 45.5 Å². The van der Waals surface area contributed by atoms with E-state index in [1.807, 2.05) is 60.7 Å². The summed E-state index contributed by atoms with van der Waals surface area (Å²) in [5.74, 6) is 0. The van der Waals surface area contributed by atoms with E-state index in [9.17, 15) is 0 Å². The molecule has 4 aliphatic rings. The number of nitrogens with two attached hydrogens (primary N) is 2. The maximum Gasteiger partial charge on any atom is -0.0636 e. The fraction of sp³-hybridized carbons (Fsp3) is 0.216. The molecule has 0 unspecified atom stereocenters. The quantitative estimate of drug-likeness (QED) is 0.0732. The van der Waals surface area contributed by atoms with E-state index in [4.69, 9.17) is 90.2 Å². The van der Waals surface area contributed by atoms with Gasteiger partial charge in [0, 0.05) is 55.9 Å². The Morgan fingerprint density at radius 2 is 0.590 bits per heavy atom.